The van der Waals surface area contributed by atoms with Gasteiger partial charge in [-0.05, 0) is 12.1 Å². The van der Waals surface area contributed by atoms with Crippen LogP contribution in [0.4, 0.5) is 0 Å². The first kappa shape index (κ1) is 9.88. The molecule has 10 heavy (non-hydrogen) atoms. The summed E-state index contributed by atoms with van der Waals surface area (Å²) in [6.07, 6.45) is 0. The molecule has 0 heterocycles. The van der Waals surface area contributed by atoms with Gasteiger partial charge in [0.1, 0.15) is 5.75 Å². The Morgan fingerprint density at radius 1 is 1.20 bits per heavy atom. The van der Waals surface area contributed by atoms with Gasteiger partial charge in [0.15, 0.2) is 0 Å². The Balaban J connectivity index is 0.000000810. The zero-order valence-electron chi connectivity index (χ0n) is 5.36. The van der Waals surface area contributed by atoms with Crippen molar-refractivity contribution in [1.29, 1.82) is 0 Å². The summed E-state index contributed by atoms with van der Waals surface area (Å²) in [5.41, 5.74) is 0. The molecule has 0 aliphatic rings. The minimum atomic E-state index is 0. The molecule has 0 unspecified atom stereocenters. The molecule has 0 N–H and O–H groups in total. The maximum atomic E-state index is 9.75. The van der Waals surface area contributed by atoms with Crippen LogP contribution in [-0.4, -0.2) is 6.47 Å². The summed E-state index contributed by atoms with van der Waals surface area (Å²) in [5.74, 6) is 0.576. The van der Waals surface area contributed by atoms with E-state index in [0.29, 0.717) is 12.2 Å². The normalized spacial score (nSPS) is 7.60. The van der Waals surface area contributed by atoms with E-state index in [4.69, 9.17) is 0 Å². The summed E-state index contributed by atoms with van der Waals surface area (Å²) in [6.45, 7) is 0.412. The molecule has 3 heteroatoms. The van der Waals surface area contributed by atoms with E-state index in [-0.39, 0.29) is 35.6 Å². The predicted molar refractivity (Wildman–Crippen MR) is 33.1 cm³/mol. The van der Waals surface area contributed by atoms with Crippen LogP contribution < -0.4 is 4.74 Å². The molecule has 1 rings (SSSR count). The van der Waals surface area contributed by atoms with E-state index >= 15 is 0 Å². The fourth-order valence-corrected chi connectivity index (χ4v) is 0.555. The van der Waals surface area contributed by atoms with Gasteiger partial charge in [0.2, 0.25) is 0 Å². The van der Waals surface area contributed by atoms with Gasteiger partial charge in [-0.2, -0.15) is 0 Å². The number of rotatable bonds is 2. The number of carbonyl (C=O) groups excluding carboxylic acids is 1. The summed E-state index contributed by atoms with van der Waals surface area (Å²) in [7, 11) is 0. The zero-order chi connectivity index (χ0) is 6.53. The maximum absolute atomic E-state index is 9.75. The van der Waals surface area contributed by atoms with Gasteiger partial charge in [0.25, 0.3) is 6.47 Å². The molecular weight excluding hydrogens is 255 g/mol. The van der Waals surface area contributed by atoms with Crippen molar-refractivity contribution >= 4 is 6.47 Å². The fourth-order valence-electron chi connectivity index (χ4n) is 0.555. The number of ether oxygens (including phenoxy) is 1. The molecule has 1 aromatic rings. The molecule has 0 fully saturated rings. The van der Waals surface area contributed by atoms with Crippen LogP contribution in [0.15, 0.2) is 30.3 Å². The Labute approximate surface area is 87.2 Å². The first-order valence-electron chi connectivity index (χ1n) is 2.59. The third kappa shape index (κ3) is 3.15. The third-order valence-electron chi connectivity index (χ3n) is 0.927. The predicted octanol–water partition coefficient (Wildman–Crippen LogP) is 1.22. The molecular formula is C7H6LaO2. The molecule has 0 spiro atoms. The minimum Gasteiger partial charge on any atom is -0.429 e. The summed E-state index contributed by atoms with van der Waals surface area (Å²) in [4.78, 5) is 9.75. The van der Waals surface area contributed by atoms with Gasteiger partial charge in [-0.25, -0.2) is 0 Å². The summed E-state index contributed by atoms with van der Waals surface area (Å²) in [5, 5.41) is 0. The summed E-state index contributed by atoms with van der Waals surface area (Å²) < 4.78 is 4.53. The Hall–Kier alpha value is -0.115. The standard InChI is InChI=1S/C7H6O2.La/c8-6-9-7-4-2-1-3-5-7;/h1-6H;. The topological polar surface area (TPSA) is 26.3 Å². The van der Waals surface area contributed by atoms with Crippen molar-refractivity contribution in [2.75, 3.05) is 0 Å². The van der Waals surface area contributed by atoms with E-state index < -0.39 is 0 Å². The summed E-state index contributed by atoms with van der Waals surface area (Å²) >= 11 is 0. The molecule has 0 aliphatic carbocycles. The van der Waals surface area contributed by atoms with Crippen molar-refractivity contribution < 1.29 is 45.1 Å². The molecule has 0 atom stereocenters. The van der Waals surface area contributed by atoms with Crippen molar-refractivity contribution in [2.45, 2.75) is 0 Å². The van der Waals surface area contributed by atoms with Crippen molar-refractivity contribution in [2.24, 2.45) is 0 Å². The van der Waals surface area contributed by atoms with Gasteiger partial charge in [0, 0.05) is 35.6 Å². The monoisotopic (exact) mass is 261 g/mol. The smallest absolute Gasteiger partial charge is 0.298 e. The van der Waals surface area contributed by atoms with Crippen molar-refractivity contribution in [3.63, 3.8) is 0 Å². The van der Waals surface area contributed by atoms with E-state index in [1.54, 1.807) is 24.3 Å². The second-order valence-corrected chi connectivity index (χ2v) is 1.53. The van der Waals surface area contributed by atoms with Crippen LogP contribution in [-0.2, 0) is 4.79 Å². The quantitative estimate of drug-likeness (QED) is 0.748. The van der Waals surface area contributed by atoms with E-state index in [1.165, 1.54) is 0 Å². The van der Waals surface area contributed by atoms with E-state index in [2.05, 4.69) is 4.74 Å². The second kappa shape index (κ2) is 5.65. The van der Waals surface area contributed by atoms with Crippen molar-refractivity contribution in [1.82, 2.24) is 0 Å². The molecule has 0 saturated heterocycles. The van der Waals surface area contributed by atoms with Crippen molar-refractivity contribution in [3.05, 3.63) is 30.3 Å². The molecule has 1 radical (unpaired) electrons. The Bertz CT molecular complexity index is 186. The first-order valence-corrected chi connectivity index (χ1v) is 2.59. The molecule has 0 aliphatic heterocycles. The maximum Gasteiger partial charge on any atom is 0.298 e. The number of benzene rings is 1. The van der Waals surface area contributed by atoms with Gasteiger partial charge in [-0.3, -0.25) is 4.79 Å². The fraction of sp³-hybridized carbons (Fsp3) is 0. The number of hydrogen-bond acceptors (Lipinski definition) is 2. The third-order valence-corrected chi connectivity index (χ3v) is 0.927. The van der Waals surface area contributed by atoms with Gasteiger partial charge in [0.05, 0.1) is 0 Å². The summed E-state index contributed by atoms with van der Waals surface area (Å²) in [6, 6.07) is 8.90. The Morgan fingerprint density at radius 2 is 1.80 bits per heavy atom. The van der Waals surface area contributed by atoms with Crippen LogP contribution in [0, 0.1) is 35.6 Å². The first-order chi connectivity index (χ1) is 4.43. The molecule has 0 amide bonds. The number of hydrogen-bond donors (Lipinski definition) is 0. The van der Waals surface area contributed by atoms with E-state index in [9.17, 15) is 4.79 Å². The van der Waals surface area contributed by atoms with Gasteiger partial charge < -0.3 is 4.74 Å². The SMILES string of the molecule is O=COc1ccccc1.[La]. The molecule has 2 nitrogen and oxygen atoms in total. The molecule has 49 valence electrons. The average Bonchev–Trinajstić information content (AvgIpc) is 1.91. The number of para-hydroxylation sites is 1. The Morgan fingerprint density at radius 3 is 2.30 bits per heavy atom. The molecule has 0 aromatic heterocycles. The van der Waals surface area contributed by atoms with Crippen LogP contribution in [0.25, 0.3) is 0 Å². The van der Waals surface area contributed by atoms with Crippen LogP contribution in [0.2, 0.25) is 0 Å². The van der Waals surface area contributed by atoms with Gasteiger partial charge >= 0.3 is 0 Å². The van der Waals surface area contributed by atoms with Crippen LogP contribution in [0.3, 0.4) is 0 Å². The van der Waals surface area contributed by atoms with Gasteiger partial charge in [-0.1, -0.05) is 18.2 Å². The molecule has 0 saturated carbocycles. The minimum absolute atomic E-state index is 0. The van der Waals surface area contributed by atoms with Crippen LogP contribution in [0.1, 0.15) is 0 Å². The average molecular weight is 261 g/mol. The van der Waals surface area contributed by atoms with E-state index in [0.717, 1.165) is 0 Å². The van der Waals surface area contributed by atoms with Crippen molar-refractivity contribution in [3.8, 4) is 5.75 Å². The number of carbonyl (C=O) groups is 1. The zero-order valence-corrected chi connectivity index (χ0v) is 8.98. The van der Waals surface area contributed by atoms with Crippen LogP contribution in [0.5, 0.6) is 5.75 Å². The van der Waals surface area contributed by atoms with E-state index in [1.807, 2.05) is 6.07 Å². The molecule has 0 bridgehead atoms. The second-order valence-electron chi connectivity index (χ2n) is 1.53. The van der Waals surface area contributed by atoms with Crippen LogP contribution >= 0.6 is 0 Å². The van der Waals surface area contributed by atoms with Gasteiger partial charge in [-0.15, -0.1) is 0 Å². The largest absolute Gasteiger partial charge is 0.429 e. The Kier molecular flexibility index (Phi) is 5.59. The molecule has 1 aromatic carbocycles.